The molecule has 9 aromatic carbocycles. The van der Waals surface area contributed by atoms with E-state index in [0.29, 0.717) is 0 Å². The fraction of sp³-hybridized carbons (Fsp3) is 0.0941. The third kappa shape index (κ3) is 17.1. The van der Waals surface area contributed by atoms with Crippen LogP contribution in [0.4, 0.5) is 0 Å². The number of nitrogens with zero attached hydrogens (tertiary/aromatic N) is 15. The minimum atomic E-state index is 0. The monoisotopic (exact) mass is 2070 g/mol. The second kappa shape index (κ2) is 36.6. The Hall–Kier alpha value is -10.4. The van der Waals surface area contributed by atoms with Crippen LogP contribution >= 0.6 is 0 Å². The van der Waals surface area contributed by atoms with Crippen LogP contribution in [0.25, 0.3) is 114 Å². The first-order chi connectivity index (χ1) is 49.0. The van der Waals surface area contributed by atoms with Gasteiger partial charge in [-0.05, 0) is 136 Å². The fourth-order valence-electron chi connectivity index (χ4n) is 12.3. The number of rotatable bonds is 12. The second-order valence-electron chi connectivity index (χ2n) is 23.9. The summed E-state index contributed by atoms with van der Waals surface area (Å²) in [6, 6.07) is 93.3. The van der Waals surface area contributed by atoms with Gasteiger partial charge in [0, 0.05) is 151 Å². The van der Waals surface area contributed by atoms with Crippen molar-refractivity contribution in [3.8, 4) is 114 Å². The SMILES string of the molecule is Cc1cccc(C)c1-n1c(-c2[c-]cccc2)nnc1-c1ccccc1.Cc1cccc(C)c1-n1c(-c2[c-]cccc2)nnc1-c1ccccn1.Cc1cccc(C)c1-n1c(-c2[c-]cccc2)nnc1-c1cccnc1.Cc1cccc(C)c1-n1c(-c2[c-]cccc2)nnc1-c1ccncc1.[Ir].[Ir].[Ir].[Ir]. The largest absolute Gasteiger partial charge is 0.316 e. The van der Waals surface area contributed by atoms with Gasteiger partial charge < -0.3 is 18.3 Å². The first kappa shape index (κ1) is 77.7. The van der Waals surface area contributed by atoms with E-state index in [1.54, 1.807) is 24.8 Å². The standard InChI is InChI=1S/C22H18N3.3C21H17N4.4Ir/c1-16-10-9-11-17(2)20(16)25-21(18-12-5-3-6-13-18)23-24-22(25)19-14-7-4-8-15-19;1-15-8-6-9-16(2)19(15)25-20(17-10-4-3-5-11-17)23-24-21(25)18-12-7-13-22-14-18;1-15-9-8-10-16(2)19(15)25-20(17-11-4-3-5-12-17)23-24-21(25)18-13-6-7-14-22-18;1-15-7-6-8-16(2)19(15)25-20(17-9-4-3-5-10-17)23-24-21(25)18-11-13-22-14-12-18;;;;/h3-14H,1-2H3;3-10,12-14H,1-2H3;3-11,13-14H,1-2H3;3-9,11-14H,1-2H3;;;;/q4*-1;;;;. The maximum absolute atomic E-state index is 4.51. The molecule has 4 radical (unpaired) electrons. The predicted octanol–water partition coefficient (Wildman–Crippen LogP) is 18.2. The smallest absolute Gasteiger partial charge is 0.178 e. The van der Waals surface area contributed by atoms with Gasteiger partial charge in [0.05, 0.1) is 23.3 Å². The summed E-state index contributed by atoms with van der Waals surface area (Å²) in [6.07, 6.45) is 8.88. The van der Waals surface area contributed by atoms with Crippen molar-refractivity contribution in [2.45, 2.75) is 55.4 Å². The summed E-state index contributed by atoms with van der Waals surface area (Å²) < 4.78 is 8.45. The molecule has 16 rings (SSSR count). The zero-order valence-electron chi connectivity index (χ0n) is 58.0. The third-order valence-corrected chi connectivity index (χ3v) is 16.9. The number of aromatic nitrogens is 15. The number of pyridine rings is 3. The Morgan fingerprint density at radius 2 is 0.529 bits per heavy atom. The number of aryl methyl sites for hydroxylation is 8. The van der Waals surface area contributed by atoms with E-state index in [1.165, 1.54) is 33.4 Å². The van der Waals surface area contributed by atoms with E-state index < -0.39 is 0 Å². The zero-order valence-corrected chi connectivity index (χ0v) is 67.6. The van der Waals surface area contributed by atoms with Gasteiger partial charge in [-0.3, -0.25) is 15.0 Å². The van der Waals surface area contributed by atoms with Crippen molar-refractivity contribution in [1.82, 2.24) is 74.0 Å². The van der Waals surface area contributed by atoms with Gasteiger partial charge in [-0.25, -0.2) is 0 Å². The fourth-order valence-corrected chi connectivity index (χ4v) is 12.3. The van der Waals surface area contributed by atoms with Crippen molar-refractivity contribution < 1.29 is 80.4 Å². The normalized spacial score (nSPS) is 10.4. The quantitative estimate of drug-likeness (QED) is 0.107. The Balaban J connectivity index is 0.000000159. The minimum Gasteiger partial charge on any atom is -0.316 e. The number of benzene rings is 9. The summed E-state index contributed by atoms with van der Waals surface area (Å²) in [6.45, 7) is 16.9. The van der Waals surface area contributed by atoms with E-state index in [-0.39, 0.29) is 80.4 Å². The molecular weight excluding hydrogens is 2000 g/mol. The Labute approximate surface area is 660 Å². The molecule has 0 amide bonds. The van der Waals surface area contributed by atoms with Crippen LogP contribution in [-0.2, 0) is 80.4 Å². The maximum atomic E-state index is 4.51. The molecule has 0 saturated heterocycles. The maximum Gasteiger partial charge on any atom is 0.178 e. The van der Waals surface area contributed by atoms with Crippen molar-refractivity contribution in [2.24, 2.45) is 0 Å². The molecule has 104 heavy (non-hydrogen) atoms. The van der Waals surface area contributed by atoms with Crippen LogP contribution in [0.15, 0.2) is 274 Å². The Morgan fingerprint density at radius 3 is 0.846 bits per heavy atom. The van der Waals surface area contributed by atoms with E-state index >= 15 is 0 Å². The van der Waals surface area contributed by atoms with Gasteiger partial charge in [-0.1, -0.05) is 109 Å². The second-order valence-corrected chi connectivity index (χ2v) is 23.9. The van der Waals surface area contributed by atoms with Gasteiger partial charge in [0.15, 0.2) is 23.3 Å². The molecule has 16 aromatic rings. The molecule has 0 fully saturated rings. The first-order valence-electron chi connectivity index (χ1n) is 32.8. The summed E-state index contributed by atoms with van der Waals surface area (Å²) in [5, 5.41) is 35.9. The van der Waals surface area contributed by atoms with Crippen molar-refractivity contribution in [3.05, 3.63) is 342 Å². The Kier molecular flexibility index (Phi) is 27.4. The number of para-hydroxylation sites is 4. The molecule has 524 valence electrons. The van der Waals surface area contributed by atoms with Gasteiger partial charge in [0.25, 0.3) is 0 Å². The molecule has 0 unspecified atom stereocenters. The van der Waals surface area contributed by atoms with Crippen LogP contribution in [0.2, 0.25) is 0 Å². The summed E-state index contributed by atoms with van der Waals surface area (Å²) in [5.41, 5.74) is 21.2. The van der Waals surface area contributed by atoms with Gasteiger partial charge in [0.1, 0.15) is 5.69 Å². The molecule has 7 heterocycles. The number of hydrogen-bond acceptors (Lipinski definition) is 11. The van der Waals surface area contributed by atoms with Crippen molar-refractivity contribution in [2.75, 3.05) is 0 Å². The van der Waals surface area contributed by atoms with Crippen LogP contribution in [0.1, 0.15) is 44.5 Å². The molecule has 15 nitrogen and oxygen atoms in total. The van der Waals surface area contributed by atoms with E-state index in [2.05, 4.69) is 239 Å². The van der Waals surface area contributed by atoms with Crippen molar-refractivity contribution >= 4 is 0 Å². The molecule has 0 atom stereocenters. The van der Waals surface area contributed by atoms with Crippen molar-refractivity contribution in [1.29, 1.82) is 0 Å². The zero-order chi connectivity index (χ0) is 68.9. The van der Waals surface area contributed by atoms with E-state index in [9.17, 15) is 0 Å². The third-order valence-electron chi connectivity index (χ3n) is 16.9. The average Bonchev–Trinajstić information content (AvgIpc) is 1.60. The van der Waals surface area contributed by atoms with Gasteiger partial charge in [0.2, 0.25) is 0 Å². The van der Waals surface area contributed by atoms with Gasteiger partial charge >= 0.3 is 0 Å². The molecule has 0 aliphatic rings. The van der Waals surface area contributed by atoms with Gasteiger partial charge in [-0.2, -0.15) is 20.4 Å². The van der Waals surface area contributed by atoms with Crippen molar-refractivity contribution in [3.63, 3.8) is 0 Å². The van der Waals surface area contributed by atoms with E-state index in [1.807, 2.05) is 164 Å². The predicted molar refractivity (Wildman–Crippen MR) is 396 cm³/mol. The summed E-state index contributed by atoms with van der Waals surface area (Å²) in [7, 11) is 0. The van der Waals surface area contributed by atoms with Crippen LogP contribution in [0.5, 0.6) is 0 Å². The molecule has 7 aromatic heterocycles. The molecular formula is C85H69Ir4N15-4. The Morgan fingerprint density at radius 1 is 0.231 bits per heavy atom. The molecule has 19 heteroatoms. The number of hydrogen-bond donors (Lipinski definition) is 0. The molecule has 0 aliphatic carbocycles. The topological polar surface area (TPSA) is 162 Å². The first-order valence-corrected chi connectivity index (χ1v) is 32.8. The van der Waals surface area contributed by atoms with Crippen LogP contribution in [0, 0.1) is 79.7 Å². The van der Waals surface area contributed by atoms with Crippen LogP contribution in [-0.4, -0.2) is 74.0 Å². The Bertz CT molecular complexity index is 4410. The molecule has 0 saturated carbocycles. The van der Waals surface area contributed by atoms with Crippen LogP contribution < -0.4 is 0 Å². The summed E-state index contributed by atoms with van der Waals surface area (Å²) in [5.74, 6) is 6.26. The molecule has 0 aliphatic heterocycles. The molecule has 0 spiro atoms. The van der Waals surface area contributed by atoms with E-state index in [4.69, 9.17) is 0 Å². The summed E-state index contributed by atoms with van der Waals surface area (Å²) >= 11 is 0. The molecule has 0 N–H and O–H groups in total. The average molecular weight is 2070 g/mol. The summed E-state index contributed by atoms with van der Waals surface area (Å²) in [4.78, 5) is 12.8. The van der Waals surface area contributed by atoms with E-state index in [0.717, 1.165) is 125 Å². The molecule has 0 bridgehead atoms. The van der Waals surface area contributed by atoms with Crippen LogP contribution in [0.3, 0.4) is 0 Å². The van der Waals surface area contributed by atoms with Gasteiger partial charge in [-0.15, -0.1) is 164 Å². The minimum absolute atomic E-state index is 0.